The quantitative estimate of drug-likeness (QED) is 0.786. The first kappa shape index (κ1) is 15.3. The topological polar surface area (TPSA) is 94.1 Å². The lowest BCUT2D eigenvalue weighted by molar-refractivity contribution is 0.101. The van der Waals surface area contributed by atoms with Crippen molar-refractivity contribution in [2.24, 2.45) is 14.1 Å². The summed E-state index contributed by atoms with van der Waals surface area (Å²) >= 11 is 0. The van der Waals surface area contributed by atoms with Crippen molar-refractivity contribution in [2.75, 3.05) is 0 Å². The van der Waals surface area contributed by atoms with E-state index in [1.54, 1.807) is 18.2 Å². The Bertz CT molecular complexity index is 899. The average Bonchev–Trinajstić information content (AvgIpc) is 2.51. The molecule has 0 fully saturated rings. The lowest BCUT2D eigenvalue weighted by Crippen LogP contribution is -2.38. The van der Waals surface area contributed by atoms with Gasteiger partial charge in [0.15, 0.2) is 11.3 Å². The second kappa shape index (κ2) is 5.69. The first-order chi connectivity index (χ1) is 10.4. The van der Waals surface area contributed by atoms with E-state index in [0.717, 1.165) is 9.13 Å². The van der Waals surface area contributed by atoms with Crippen molar-refractivity contribution in [2.45, 2.75) is 6.92 Å². The molecule has 0 aliphatic rings. The summed E-state index contributed by atoms with van der Waals surface area (Å²) in [6.45, 7) is 1.44. The summed E-state index contributed by atoms with van der Waals surface area (Å²) < 4.78 is 7.42. The number of hydrogen-bond acceptors (Lipinski definition) is 5. The monoisotopic (exact) mass is 299 g/mol. The van der Waals surface area contributed by atoms with Crippen LogP contribution in [-0.4, -0.2) is 14.9 Å². The van der Waals surface area contributed by atoms with E-state index in [0.29, 0.717) is 11.3 Å². The zero-order valence-electron chi connectivity index (χ0n) is 12.3. The zero-order valence-corrected chi connectivity index (χ0v) is 12.3. The first-order valence-electron chi connectivity index (χ1n) is 6.35. The molecule has 0 aliphatic heterocycles. The molecule has 0 atom stereocenters. The van der Waals surface area contributed by atoms with Crippen molar-refractivity contribution in [1.29, 1.82) is 5.26 Å². The Balaban J connectivity index is 2.55. The number of hydrogen-bond donors (Lipinski definition) is 0. The van der Waals surface area contributed by atoms with Gasteiger partial charge in [0.05, 0.1) is 0 Å². The van der Waals surface area contributed by atoms with Crippen LogP contribution in [0.15, 0.2) is 33.9 Å². The second-order valence-electron chi connectivity index (χ2n) is 4.68. The summed E-state index contributed by atoms with van der Waals surface area (Å²) in [4.78, 5) is 35.1. The van der Waals surface area contributed by atoms with Crippen LogP contribution >= 0.6 is 0 Å². The summed E-state index contributed by atoms with van der Waals surface area (Å²) in [6.07, 6.45) is 0. The van der Waals surface area contributed by atoms with Gasteiger partial charge >= 0.3 is 5.69 Å². The Morgan fingerprint density at radius 3 is 2.23 bits per heavy atom. The molecule has 0 saturated carbocycles. The highest BCUT2D eigenvalue weighted by Gasteiger charge is 2.17. The Kier molecular flexibility index (Phi) is 3.95. The van der Waals surface area contributed by atoms with Crippen LogP contribution in [0.1, 0.15) is 22.8 Å². The number of aromatic nitrogens is 2. The number of carbonyl (C=O) groups excluding carboxylic acids is 1. The fraction of sp³-hybridized carbons (Fsp3) is 0.200. The van der Waals surface area contributed by atoms with Gasteiger partial charge in [0.2, 0.25) is 5.88 Å². The number of benzene rings is 1. The van der Waals surface area contributed by atoms with Crippen LogP contribution < -0.4 is 16.0 Å². The highest BCUT2D eigenvalue weighted by Crippen LogP contribution is 2.22. The van der Waals surface area contributed by atoms with Crippen molar-refractivity contribution in [1.82, 2.24) is 9.13 Å². The van der Waals surface area contributed by atoms with E-state index in [9.17, 15) is 14.4 Å². The summed E-state index contributed by atoms with van der Waals surface area (Å²) in [7, 11) is 2.69. The molecule has 0 unspecified atom stereocenters. The van der Waals surface area contributed by atoms with E-state index in [1.807, 2.05) is 0 Å². The molecule has 0 amide bonds. The molecule has 2 aromatic rings. The van der Waals surface area contributed by atoms with Gasteiger partial charge in [-0.25, -0.2) is 4.79 Å². The van der Waals surface area contributed by atoms with Gasteiger partial charge in [-0.15, -0.1) is 0 Å². The van der Waals surface area contributed by atoms with Crippen LogP contribution in [0, 0.1) is 11.3 Å². The average molecular weight is 299 g/mol. The smallest absolute Gasteiger partial charge is 0.333 e. The number of carbonyl (C=O) groups is 1. The number of rotatable bonds is 3. The van der Waals surface area contributed by atoms with Gasteiger partial charge in [0, 0.05) is 19.7 Å². The lowest BCUT2D eigenvalue weighted by Gasteiger charge is -2.12. The highest BCUT2D eigenvalue weighted by molar-refractivity contribution is 5.94. The van der Waals surface area contributed by atoms with Gasteiger partial charge in [0.1, 0.15) is 11.8 Å². The summed E-state index contributed by atoms with van der Waals surface area (Å²) in [6, 6.07) is 7.92. The van der Waals surface area contributed by atoms with Crippen LogP contribution in [0.25, 0.3) is 0 Å². The van der Waals surface area contributed by atoms with E-state index in [-0.39, 0.29) is 17.2 Å². The normalized spacial score (nSPS) is 10.1. The maximum atomic E-state index is 11.9. The molecule has 0 spiro atoms. The maximum Gasteiger partial charge on any atom is 0.333 e. The molecule has 0 bridgehead atoms. The molecular formula is C15H13N3O4. The highest BCUT2D eigenvalue weighted by atomic mass is 16.5. The van der Waals surface area contributed by atoms with Gasteiger partial charge in [-0.2, -0.15) is 5.26 Å². The Morgan fingerprint density at radius 2 is 1.73 bits per heavy atom. The minimum absolute atomic E-state index is 0.0924. The Hall–Kier alpha value is -3.14. The predicted molar refractivity (Wildman–Crippen MR) is 78.2 cm³/mol. The predicted octanol–water partition coefficient (Wildman–Crippen LogP) is 0.951. The first-order valence-corrected chi connectivity index (χ1v) is 6.35. The van der Waals surface area contributed by atoms with Crippen LogP contribution in [0.3, 0.4) is 0 Å². The van der Waals surface area contributed by atoms with E-state index < -0.39 is 11.2 Å². The molecule has 22 heavy (non-hydrogen) atoms. The van der Waals surface area contributed by atoms with Gasteiger partial charge in [0.25, 0.3) is 5.56 Å². The van der Waals surface area contributed by atoms with E-state index in [2.05, 4.69) is 0 Å². The number of nitrogens with zero attached hydrogens (tertiary/aromatic N) is 3. The van der Waals surface area contributed by atoms with Gasteiger partial charge in [-0.3, -0.25) is 18.7 Å². The van der Waals surface area contributed by atoms with Gasteiger partial charge in [-0.05, 0) is 31.2 Å². The van der Waals surface area contributed by atoms with Crippen molar-refractivity contribution >= 4 is 5.78 Å². The molecule has 1 aromatic heterocycles. The molecular weight excluding hydrogens is 286 g/mol. The van der Waals surface area contributed by atoms with E-state index >= 15 is 0 Å². The van der Waals surface area contributed by atoms with E-state index in [4.69, 9.17) is 10.00 Å². The molecule has 1 heterocycles. The second-order valence-corrected chi connectivity index (χ2v) is 4.68. The van der Waals surface area contributed by atoms with Crippen LogP contribution in [0.2, 0.25) is 0 Å². The number of Topliss-reactive ketones (excluding diaryl/α,β-unsaturated/α-hetero) is 1. The molecule has 0 saturated heterocycles. The van der Waals surface area contributed by atoms with Gasteiger partial charge in [-0.1, -0.05) is 0 Å². The number of ketones is 1. The van der Waals surface area contributed by atoms with Gasteiger partial charge < -0.3 is 4.74 Å². The Labute approximate surface area is 125 Å². The van der Waals surface area contributed by atoms with Crippen molar-refractivity contribution in [3.63, 3.8) is 0 Å². The molecule has 7 nitrogen and oxygen atoms in total. The number of ether oxygens (including phenoxy) is 1. The van der Waals surface area contributed by atoms with Crippen molar-refractivity contribution < 1.29 is 9.53 Å². The largest absolute Gasteiger partial charge is 0.439 e. The molecule has 2 rings (SSSR count). The third-order valence-electron chi connectivity index (χ3n) is 3.20. The zero-order chi connectivity index (χ0) is 16.4. The fourth-order valence-electron chi connectivity index (χ4n) is 1.91. The summed E-state index contributed by atoms with van der Waals surface area (Å²) in [5, 5.41) is 9.13. The third-order valence-corrected chi connectivity index (χ3v) is 3.20. The third kappa shape index (κ3) is 2.54. The molecule has 7 heteroatoms. The van der Waals surface area contributed by atoms with E-state index in [1.165, 1.54) is 33.2 Å². The molecule has 0 radical (unpaired) electrons. The Morgan fingerprint density at radius 1 is 1.14 bits per heavy atom. The summed E-state index contributed by atoms with van der Waals surface area (Å²) in [5.41, 5.74) is -1.08. The van der Waals surface area contributed by atoms with Crippen molar-refractivity contribution in [3.8, 4) is 17.7 Å². The lowest BCUT2D eigenvalue weighted by atomic mass is 10.1. The molecule has 112 valence electrons. The number of nitriles is 1. The SMILES string of the molecule is CC(=O)c1ccc(Oc2c(C#N)c(=O)n(C)c(=O)n2C)cc1. The maximum absolute atomic E-state index is 11.9. The van der Waals surface area contributed by atoms with Crippen LogP contribution in [0.4, 0.5) is 0 Å². The molecule has 0 N–H and O–H groups in total. The minimum atomic E-state index is -0.721. The standard InChI is InChI=1S/C15H13N3O4/c1-9(19)10-4-6-11(7-5-10)22-14-12(8-16)13(20)17(2)15(21)18(14)3/h4-7H,1-3H3. The molecule has 0 aliphatic carbocycles. The van der Waals surface area contributed by atoms with Crippen LogP contribution in [0.5, 0.6) is 11.6 Å². The minimum Gasteiger partial charge on any atom is -0.439 e. The fourth-order valence-corrected chi connectivity index (χ4v) is 1.91. The van der Waals surface area contributed by atoms with Crippen LogP contribution in [-0.2, 0) is 14.1 Å². The van der Waals surface area contributed by atoms with Crippen molar-refractivity contribution in [3.05, 3.63) is 56.2 Å². The molecule has 1 aromatic carbocycles. The summed E-state index contributed by atoms with van der Waals surface area (Å²) in [5.74, 6) is 0.0844.